The first-order valence-corrected chi connectivity index (χ1v) is 7.26. The quantitative estimate of drug-likeness (QED) is 0.663. The summed E-state index contributed by atoms with van der Waals surface area (Å²) in [6.07, 6.45) is 3.35. The van der Waals surface area contributed by atoms with Gasteiger partial charge in [-0.25, -0.2) is 0 Å². The van der Waals surface area contributed by atoms with Crippen molar-refractivity contribution >= 4 is 5.91 Å². The molecule has 2 fully saturated rings. The fraction of sp³-hybridized carbons (Fsp3) is 0.929. The van der Waals surface area contributed by atoms with Crippen molar-refractivity contribution in [3.8, 4) is 0 Å². The number of amides is 1. The lowest BCUT2D eigenvalue weighted by molar-refractivity contribution is -0.124. The Bertz CT molecular complexity index is 303. The van der Waals surface area contributed by atoms with Crippen LogP contribution >= 0.6 is 0 Å². The first-order valence-electron chi connectivity index (χ1n) is 7.26. The number of rotatable bonds is 7. The summed E-state index contributed by atoms with van der Waals surface area (Å²) in [5.74, 6) is 0.445. The van der Waals surface area contributed by atoms with E-state index in [-0.39, 0.29) is 17.9 Å². The predicted molar refractivity (Wildman–Crippen MR) is 72.9 cm³/mol. The van der Waals surface area contributed by atoms with Gasteiger partial charge in [0, 0.05) is 19.1 Å². The Morgan fingerprint density at radius 3 is 2.84 bits per heavy atom. The summed E-state index contributed by atoms with van der Waals surface area (Å²) in [4.78, 5) is 12.2. The van der Waals surface area contributed by atoms with Gasteiger partial charge >= 0.3 is 0 Å². The third-order valence-electron chi connectivity index (χ3n) is 4.29. The topological polar surface area (TPSA) is 59.6 Å². The summed E-state index contributed by atoms with van der Waals surface area (Å²) in [7, 11) is 1.65. The molecule has 1 amide bonds. The summed E-state index contributed by atoms with van der Waals surface area (Å²) in [6.45, 7) is 5.83. The van der Waals surface area contributed by atoms with Gasteiger partial charge in [0.05, 0.1) is 19.8 Å². The zero-order chi connectivity index (χ0) is 13.7. The largest absolute Gasteiger partial charge is 0.382 e. The Labute approximate surface area is 115 Å². The SMILES string of the molecule is COCCOCC(C)NC(=O)C1CC12CCNCC2. The lowest BCUT2D eigenvalue weighted by Gasteiger charge is -2.23. The van der Waals surface area contributed by atoms with Crippen LogP contribution in [0.3, 0.4) is 0 Å². The van der Waals surface area contributed by atoms with Gasteiger partial charge in [-0.15, -0.1) is 0 Å². The maximum Gasteiger partial charge on any atom is 0.223 e. The highest BCUT2D eigenvalue weighted by molar-refractivity contribution is 5.82. The van der Waals surface area contributed by atoms with Crippen molar-refractivity contribution in [2.75, 3.05) is 40.0 Å². The van der Waals surface area contributed by atoms with Crippen molar-refractivity contribution in [1.29, 1.82) is 0 Å². The van der Waals surface area contributed by atoms with E-state index in [0.717, 1.165) is 32.4 Å². The van der Waals surface area contributed by atoms with Crippen LogP contribution in [0.4, 0.5) is 0 Å². The number of piperidine rings is 1. The fourth-order valence-electron chi connectivity index (χ4n) is 2.98. The van der Waals surface area contributed by atoms with Gasteiger partial charge in [0.25, 0.3) is 0 Å². The lowest BCUT2D eigenvalue weighted by atomic mass is 9.91. The molecule has 110 valence electrons. The standard InChI is InChI=1S/C14H26N2O3/c1-11(10-19-8-7-18-2)16-13(17)12-9-14(12)3-5-15-6-4-14/h11-12,15H,3-10H2,1-2H3,(H,16,17). The van der Waals surface area contributed by atoms with Crippen LogP contribution in [0.25, 0.3) is 0 Å². The van der Waals surface area contributed by atoms with Crippen molar-refractivity contribution in [2.24, 2.45) is 11.3 Å². The molecule has 19 heavy (non-hydrogen) atoms. The van der Waals surface area contributed by atoms with E-state index in [2.05, 4.69) is 10.6 Å². The maximum absolute atomic E-state index is 12.2. The minimum Gasteiger partial charge on any atom is -0.382 e. The molecule has 5 heteroatoms. The van der Waals surface area contributed by atoms with Gasteiger partial charge in [-0.2, -0.15) is 0 Å². The molecule has 2 atom stereocenters. The molecule has 1 aliphatic carbocycles. The summed E-state index contributed by atoms with van der Waals surface area (Å²) in [5, 5.41) is 6.42. The molecular weight excluding hydrogens is 244 g/mol. The second kappa shape index (κ2) is 6.68. The molecule has 0 aromatic carbocycles. The molecule has 0 radical (unpaired) electrons. The molecule has 0 aromatic heterocycles. The molecule has 2 rings (SSSR count). The van der Waals surface area contributed by atoms with Gasteiger partial charge in [-0.1, -0.05) is 0 Å². The molecule has 0 bridgehead atoms. The van der Waals surface area contributed by atoms with Gasteiger partial charge in [-0.3, -0.25) is 4.79 Å². The highest BCUT2D eigenvalue weighted by Crippen LogP contribution is 2.58. The molecule has 1 aliphatic heterocycles. The van der Waals surface area contributed by atoms with Crippen molar-refractivity contribution in [1.82, 2.24) is 10.6 Å². The predicted octanol–water partition coefficient (Wildman–Crippen LogP) is 0.544. The van der Waals surface area contributed by atoms with Crippen LogP contribution in [0, 0.1) is 11.3 Å². The Kier molecular flexibility index (Phi) is 5.19. The van der Waals surface area contributed by atoms with Crippen LogP contribution in [0.15, 0.2) is 0 Å². The average molecular weight is 270 g/mol. The Morgan fingerprint density at radius 2 is 2.16 bits per heavy atom. The molecule has 1 saturated heterocycles. The molecule has 2 N–H and O–H groups in total. The Balaban J connectivity index is 1.64. The highest BCUT2D eigenvalue weighted by atomic mass is 16.5. The smallest absolute Gasteiger partial charge is 0.223 e. The van der Waals surface area contributed by atoms with Gasteiger partial charge in [0.15, 0.2) is 0 Å². The van der Waals surface area contributed by atoms with E-state index in [1.54, 1.807) is 7.11 Å². The lowest BCUT2D eigenvalue weighted by Crippen LogP contribution is -2.39. The van der Waals surface area contributed by atoms with E-state index in [9.17, 15) is 4.79 Å². The Hall–Kier alpha value is -0.650. The third kappa shape index (κ3) is 3.91. The molecule has 5 nitrogen and oxygen atoms in total. The molecular formula is C14H26N2O3. The van der Waals surface area contributed by atoms with E-state index < -0.39 is 0 Å². The number of carbonyl (C=O) groups excluding carboxylic acids is 1. The van der Waals surface area contributed by atoms with E-state index >= 15 is 0 Å². The molecule has 2 aliphatic rings. The van der Waals surface area contributed by atoms with Crippen LogP contribution in [0.5, 0.6) is 0 Å². The van der Waals surface area contributed by atoms with Crippen LogP contribution < -0.4 is 10.6 Å². The molecule has 0 aromatic rings. The number of nitrogens with one attached hydrogen (secondary N) is 2. The van der Waals surface area contributed by atoms with Gasteiger partial charge < -0.3 is 20.1 Å². The van der Waals surface area contributed by atoms with Gasteiger partial charge in [0.2, 0.25) is 5.91 Å². The number of hydrogen-bond acceptors (Lipinski definition) is 4. The molecule has 1 heterocycles. The van der Waals surface area contributed by atoms with Crippen molar-refractivity contribution in [2.45, 2.75) is 32.2 Å². The van der Waals surface area contributed by atoms with E-state index in [1.807, 2.05) is 6.92 Å². The van der Waals surface area contributed by atoms with Crippen LogP contribution in [0.1, 0.15) is 26.2 Å². The minimum absolute atomic E-state index is 0.0729. The van der Waals surface area contributed by atoms with E-state index in [0.29, 0.717) is 25.2 Å². The van der Waals surface area contributed by atoms with E-state index in [4.69, 9.17) is 9.47 Å². The first-order chi connectivity index (χ1) is 9.18. The van der Waals surface area contributed by atoms with Crippen molar-refractivity contribution < 1.29 is 14.3 Å². The third-order valence-corrected chi connectivity index (χ3v) is 4.29. The zero-order valence-corrected chi connectivity index (χ0v) is 12.0. The normalized spacial score (nSPS) is 26.1. The van der Waals surface area contributed by atoms with Crippen LogP contribution in [-0.4, -0.2) is 52.0 Å². The number of hydrogen-bond donors (Lipinski definition) is 2. The molecule has 2 unspecified atom stereocenters. The summed E-state index contributed by atoms with van der Waals surface area (Å²) in [6, 6.07) is 0.0729. The Morgan fingerprint density at radius 1 is 1.42 bits per heavy atom. The van der Waals surface area contributed by atoms with Crippen molar-refractivity contribution in [3.63, 3.8) is 0 Å². The minimum atomic E-state index is 0.0729. The highest BCUT2D eigenvalue weighted by Gasteiger charge is 2.57. The summed E-state index contributed by atoms with van der Waals surface area (Å²) < 4.78 is 10.3. The number of methoxy groups -OCH3 is 1. The average Bonchev–Trinajstić information content (AvgIpc) is 3.09. The monoisotopic (exact) mass is 270 g/mol. The van der Waals surface area contributed by atoms with Gasteiger partial charge in [0.1, 0.15) is 0 Å². The second-order valence-corrected chi connectivity index (χ2v) is 5.85. The van der Waals surface area contributed by atoms with Crippen LogP contribution in [-0.2, 0) is 14.3 Å². The number of ether oxygens (including phenoxy) is 2. The summed E-state index contributed by atoms with van der Waals surface area (Å²) in [5.41, 5.74) is 0.311. The first kappa shape index (κ1) is 14.8. The number of carbonyl (C=O) groups is 1. The van der Waals surface area contributed by atoms with Gasteiger partial charge in [-0.05, 0) is 44.7 Å². The maximum atomic E-state index is 12.2. The van der Waals surface area contributed by atoms with Crippen molar-refractivity contribution in [3.05, 3.63) is 0 Å². The second-order valence-electron chi connectivity index (χ2n) is 5.85. The molecule has 1 saturated carbocycles. The van der Waals surface area contributed by atoms with E-state index in [1.165, 1.54) is 0 Å². The fourth-order valence-corrected chi connectivity index (χ4v) is 2.98. The zero-order valence-electron chi connectivity index (χ0n) is 12.0. The molecule has 1 spiro atoms. The van der Waals surface area contributed by atoms with Crippen LogP contribution in [0.2, 0.25) is 0 Å². The summed E-state index contributed by atoms with van der Waals surface area (Å²) >= 11 is 0.